The third kappa shape index (κ3) is 3.52. The highest BCUT2D eigenvalue weighted by Crippen LogP contribution is 2.31. The summed E-state index contributed by atoms with van der Waals surface area (Å²) in [6.45, 7) is 1.29. The number of para-hydroxylation sites is 1. The first kappa shape index (κ1) is 19.2. The zero-order valence-corrected chi connectivity index (χ0v) is 16.5. The smallest absolute Gasteiger partial charge is 0.325 e. The zero-order chi connectivity index (χ0) is 20.4. The Hall–Kier alpha value is -3.09. The predicted octanol–water partition coefficient (Wildman–Crippen LogP) is 3.41. The van der Waals surface area contributed by atoms with Crippen LogP contribution in [0.5, 0.6) is 0 Å². The maximum Gasteiger partial charge on any atom is 0.325 e. The van der Waals surface area contributed by atoms with Crippen LogP contribution in [-0.4, -0.2) is 35.3 Å². The molecule has 1 aromatic carbocycles. The molecule has 0 bridgehead atoms. The summed E-state index contributed by atoms with van der Waals surface area (Å²) >= 11 is 0. The first-order chi connectivity index (χ1) is 14.0. The summed E-state index contributed by atoms with van der Waals surface area (Å²) in [5.74, 6) is -0.393. The third-order valence-corrected chi connectivity index (χ3v) is 5.83. The van der Waals surface area contributed by atoms with Crippen molar-refractivity contribution < 1.29 is 18.8 Å². The van der Waals surface area contributed by atoms with Crippen molar-refractivity contribution in [3.05, 3.63) is 54.5 Å². The Kier molecular flexibility index (Phi) is 5.13. The first-order valence-electron chi connectivity index (χ1n) is 10.1. The lowest BCUT2D eigenvalue weighted by atomic mass is 9.93. The fraction of sp³-hybridized carbons (Fsp3) is 0.409. The molecule has 2 aliphatic rings. The number of anilines is 1. The average Bonchev–Trinajstić information content (AvgIpc) is 3.35. The number of carbonyl (C=O) groups excluding carboxylic acids is 3. The first-order valence-corrected chi connectivity index (χ1v) is 10.1. The van der Waals surface area contributed by atoms with E-state index in [1.165, 1.54) is 12.7 Å². The van der Waals surface area contributed by atoms with Gasteiger partial charge in [-0.15, -0.1) is 0 Å². The van der Waals surface area contributed by atoms with Gasteiger partial charge in [0, 0.05) is 11.7 Å². The number of imide groups is 1. The maximum atomic E-state index is 13.3. The van der Waals surface area contributed by atoms with Gasteiger partial charge in [0.1, 0.15) is 12.3 Å². The molecule has 4 amide bonds. The summed E-state index contributed by atoms with van der Waals surface area (Å²) in [7, 11) is 0. The molecule has 0 spiro atoms. The molecule has 29 heavy (non-hydrogen) atoms. The van der Waals surface area contributed by atoms with Crippen molar-refractivity contribution in [3.63, 3.8) is 0 Å². The molecule has 0 unspecified atom stereocenters. The summed E-state index contributed by atoms with van der Waals surface area (Å²) in [5.41, 5.74) is -0.506. The minimum atomic E-state index is -1.30. The molecule has 1 saturated carbocycles. The van der Waals surface area contributed by atoms with Crippen LogP contribution in [0.1, 0.15) is 44.8 Å². The second-order valence-electron chi connectivity index (χ2n) is 7.81. The number of benzene rings is 1. The fourth-order valence-corrected chi connectivity index (χ4v) is 4.27. The molecular formula is C22H25N3O4. The van der Waals surface area contributed by atoms with Gasteiger partial charge >= 0.3 is 6.03 Å². The number of carbonyl (C=O) groups is 3. The zero-order valence-electron chi connectivity index (χ0n) is 16.5. The lowest BCUT2D eigenvalue weighted by Gasteiger charge is -2.35. The highest BCUT2D eigenvalue weighted by Gasteiger charge is 2.51. The van der Waals surface area contributed by atoms with Gasteiger partial charge in [-0.1, -0.05) is 37.5 Å². The number of rotatable bonds is 5. The number of nitrogens with one attached hydrogen (secondary N) is 1. The predicted molar refractivity (Wildman–Crippen MR) is 107 cm³/mol. The van der Waals surface area contributed by atoms with Crippen LogP contribution in [0.2, 0.25) is 0 Å². The van der Waals surface area contributed by atoms with Crippen molar-refractivity contribution in [1.82, 2.24) is 10.2 Å². The van der Waals surface area contributed by atoms with Gasteiger partial charge in [0.25, 0.3) is 5.91 Å². The average molecular weight is 395 g/mol. The Labute approximate surface area is 169 Å². The molecular weight excluding hydrogens is 370 g/mol. The highest BCUT2D eigenvalue weighted by molar-refractivity contribution is 6.10. The largest absolute Gasteiger partial charge is 0.466 e. The van der Waals surface area contributed by atoms with Crippen molar-refractivity contribution in [1.29, 1.82) is 0 Å². The van der Waals surface area contributed by atoms with E-state index in [1.807, 2.05) is 30.3 Å². The molecule has 4 rings (SSSR count). The van der Waals surface area contributed by atoms with Crippen molar-refractivity contribution in [3.8, 4) is 0 Å². The monoisotopic (exact) mass is 395 g/mol. The van der Waals surface area contributed by atoms with Crippen molar-refractivity contribution in [2.45, 2.75) is 50.6 Å². The molecule has 7 heteroatoms. The molecule has 1 aromatic heterocycles. The summed E-state index contributed by atoms with van der Waals surface area (Å²) in [6.07, 6.45) is 6.60. The number of hydrogen-bond acceptors (Lipinski definition) is 4. The van der Waals surface area contributed by atoms with Crippen molar-refractivity contribution >= 4 is 23.5 Å². The van der Waals surface area contributed by atoms with Gasteiger partial charge in [-0.2, -0.15) is 0 Å². The fourth-order valence-electron chi connectivity index (χ4n) is 4.27. The van der Waals surface area contributed by atoms with Crippen LogP contribution in [0, 0.1) is 0 Å². The Morgan fingerprint density at radius 1 is 1.14 bits per heavy atom. The Morgan fingerprint density at radius 3 is 2.52 bits per heavy atom. The van der Waals surface area contributed by atoms with Crippen molar-refractivity contribution in [2.24, 2.45) is 0 Å². The molecule has 152 valence electrons. The maximum absolute atomic E-state index is 13.3. The lowest BCUT2D eigenvalue weighted by Crippen LogP contribution is -2.48. The summed E-state index contributed by atoms with van der Waals surface area (Å²) in [4.78, 5) is 41.6. The Bertz CT molecular complexity index is 890. The molecule has 2 heterocycles. The van der Waals surface area contributed by atoms with Gasteiger partial charge in [0.2, 0.25) is 5.91 Å². The summed E-state index contributed by atoms with van der Waals surface area (Å²) < 4.78 is 5.35. The van der Waals surface area contributed by atoms with Gasteiger partial charge in [0.05, 0.1) is 6.26 Å². The molecule has 1 atom stereocenters. The molecule has 0 radical (unpaired) electrons. The van der Waals surface area contributed by atoms with E-state index in [2.05, 4.69) is 5.32 Å². The molecule has 2 fully saturated rings. The Morgan fingerprint density at radius 2 is 1.86 bits per heavy atom. The summed E-state index contributed by atoms with van der Waals surface area (Å²) in [6, 6.07) is 12.3. The number of urea groups is 1. The lowest BCUT2D eigenvalue weighted by molar-refractivity contribution is -0.134. The van der Waals surface area contributed by atoms with E-state index in [1.54, 1.807) is 24.0 Å². The van der Waals surface area contributed by atoms with Crippen LogP contribution in [-0.2, 0) is 15.1 Å². The van der Waals surface area contributed by atoms with Crippen LogP contribution in [0.25, 0.3) is 0 Å². The van der Waals surface area contributed by atoms with E-state index < -0.39 is 17.5 Å². The van der Waals surface area contributed by atoms with Crippen LogP contribution in [0.15, 0.2) is 53.1 Å². The molecule has 1 aliphatic carbocycles. The topological polar surface area (TPSA) is 82.9 Å². The van der Waals surface area contributed by atoms with E-state index in [9.17, 15) is 14.4 Å². The van der Waals surface area contributed by atoms with Gasteiger partial charge < -0.3 is 14.6 Å². The van der Waals surface area contributed by atoms with Gasteiger partial charge in [-0.3, -0.25) is 14.5 Å². The minimum Gasteiger partial charge on any atom is -0.466 e. The van der Waals surface area contributed by atoms with Crippen molar-refractivity contribution in [2.75, 3.05) is 11.4 Å². The minimum absolute atomic E-state index is 0.0795. The van der Waals surface area contributed by atoms with Gasteiger partial charge in [0.15, 0.2) is 5.54 Å². The third-order valence-electron chi connectivity index (χ3n) is 5.83. The van der Waals surface area contributed by atoms with E-state index in [-0.39, 0.29) is 18.5 Å². The quantitative estimate of drug-likeness (QED) is 0.787. The van der Waals surface area contributed by atoms with Crippen LogP contribution in [0.4, 0.5) is 10.5 Å². The van der Waals surface area contributed by atoms with E-state index in [0.29, 0.717) is 5.76 Å². The molecule has 1 N–H and O–H groups in total. The standard InChI is InChI=1S/C22H25N3O4/c1-22(18-13-8-14-29-18)20(27)24(21(28)23-22)15-19(26)25(16-9-4-2-5-10-16)17-11-6-3-7-12-17/h2,4-5,8-10,13-14,17H,3,6-7,11-12,15H2,1H3,(H,23,28)/t22-/m0/s1. The van der Waals surface area contributed by atoms with E-state index in [4.69, 9.17) is 4.42 Å². The normalized spacial score (nSPS) is 22.6. The van der Waals surface area contributed by atoms with E-state index in [0.717, 1.165) is 36.3 Å². The highest BCUT2D eigenvalue weighted by atomic mass is 16.3. The molecule has 7 nitrogen and oxygen atoms in total. The second-order valence-corrected chi connectivity index (χ2v) is 7.81. The number of furan rings is 1. The SMILES string of the molecule is C[C@@]1(c2ccco2)NC(=O)N(CC(=O)N(c2ccccc2)C2CCCCC2)C1=O. The number of hydrogen-bond donors (Lipinski definition) is 1. The summed E-state index contributed by atoms with van der Waals surface area (Å²) in [5, 5.41) is 2.67. The van der Waals surface area contributed by atoms with Crippen LogP contribution in [0.3, 0.4) is 0 Å². The van der Waals surface area contributed by atoms with Crippen LogP contribution >= 0.6 is 0 Å². The van der Waals surface area contributed by atoms with Crippen LogP contribution < -0.4 is 10.2 Å². The molecule has 1 aliphatic heterocycles. The van der Waals surface area contributed by atoms with Gasteiger partial charge in [-0.25, -0.2) is 4.79 Å². The molecule has 1 saturated heterocycles. The van der Waals surface area contributed by atoms with E-state index >= 15 is 0 Å². The number of amides is 4. The Balaban J connectivity index is 1.57. The number of nitrogens with zero attached hydrogens (tertiary/aromatic N) is 2. The van der Waals surface area contributed by atoms with Gasteiger partial charge in [-0.05, 0) is 44.0 Å². The molecule has 2 aromatic rings. The second kappa shape index (κ2) is 7.73.